The zero-order chi connectivity index (χ0) is 13.8. The first-order chi connectivity index (χ1) is 8.31. The molecule has 0 aromatic heterocycles. The molecule has 4 nitrogen and oxygen atoms in total. The highest BCUT2D eigenvalue weighted by atomic mass is 32.2. The van der Waals surface area contributed by atoms with Crippen LogP contribution in [0.5, 0.6) is 5.75 Å². The number of benzene rings is 1. The molecule has 1 aromatic carbocycles. The summed E-state index contributed by atoms with van der Waals surface area (Å²) in [7, 11) is -3.41. The molecule has 0 aliphatic rings. The second kappa shape index (κ2) is 6.20. The Morgan fingerprint density at radius 1 is 1.11 bits per heavy atom. The Bertz CT molecular complexity index is 464. The van der Waals surface area contributed by atoms with Crippen LogP contribution in [-0.4, -0.2) is 21.1 Å². The van der Waals surface area contributed by atoms with Gasteiger partial charge in [-0.15, -0.1) is 0 Å². The minimum absolute atomic E-state index is 0.119. The van der Waals surface area contributed by atoms with Crippen molar-refractivity contribution in [3.8, 4) is 5.75 Å². The fourth-order valence-electron chi connectivity index (χ4n) is 1.36. The molecule has 18 heavy (non-hydrogen) atoms. The average Bonchev–Trinajstić information content (AvgIpc) is 2.25. The van der Waals surface area contributed by atoms with Crippen LogP contribution < -0.4 is 9.46 Å². The molecule has 1 N–H and O–H groups in total. The van der Waals surface area contributed by atoms with Crippen LogP contribution in [-0.2, 0) is 10.0 Å². The Kier molecular flexibility index (Phi) is 5.16. The highest BCUT2D eigenvalue weighted by molar-refractivity contribution is 7.89. The topological polar surface area (TPSA) is 55.4 Å². The third-order valence-electron chi connectivity index (χ3n) is 2.11. The fraction of sp³-hybridized carbons (Fsp3) is 0.538. The first-order valence-corrected chi connectivity index (χ1v) is 7.55. The van der Waals surface area contributed by atoms with Gasteiger partial charge in [0.05, 0.1) is 11.5 Å². The summed E-state index contributed by atoms with van der Waals surface area (Å²) in [5, 5.41) is 0. The lowest BCUT2D eigenvalue weighted by Gasteiger charge is -2.11. The van der Waals surface area contributed by atoms with Gasteiger partial charge in [0.1, 0.15) is 5.75 Å². The largest absolute Gasteiger partial charge is 0.493 e. The summed E-state index contributed by atoms with van der Waals surface area (Å²) in [5.41, 5.74) is 0. The number of sulfonamides is 1. The molecule has 0 aliphatic carbocycles. The molecule has 5 heteroatoms. The lowest BCUT2D eigenvalue weighted by Crippen LogP contribution is -2.30. The average molecular weight is 271 g/mol. The minimum Gasteiger partial charge on any atom is -0.493 e. The van der Waals surface area contributed by atoms with Crippen LogP contribution in [0.4, 0.5) is 0 Å². The second-order valence-electron chi connectivity index (χ2n) is 4.95. The van der Waals surface area contributed by atoms with Gasteiger partial charge in [0.2, 0.25) is 10.0 Å². The van der Waals surface area contributed by atoms with E-state index in [-0.39, 0.29) is 10.9 Å². The van der Waals surface area contributed by atoms with Gasteiger partial charge in [-0.3, -0.25) is 0 Å². The summed E-state index contributed by atoms with van der Waals surface area (Å²) in [4.78, 5) is 0.257. The van der Waals surface area contributed by atoms with E-state index in [1.165, 1.54) is 0 Å². The molecule has 0 aliphatic heterocycles. The van der Waals surface area contributed by atoms with Gasteiger partial charge in [-0.25, -0.2) is 13.1 Å². The van der Waals surface area contributed by atoms with Crippen molar-refractivity contribution in [1.29, 1.82) is 0 Å². The molecule has 0 atom stereocenters. The van der Waals surface area contributed by atoms with E-state index in [1.54, 1.807) is 38.1 Å². The smallest absolute Gasteiger partial charge is 0.240 e. The van der Waals surface area contributed by atoms with E-state index in [0.717, 1.165) is 0 Å². The fourth-order valence-corrected chi connectivity index (χ4v) is 2.61. The van der Waals surface area contributed by atoms with Gasteiger partial charge >= 0.3 is 0 Å². The maximum atomic E-state index is 11.9. The number of hydrogen-bond acceptors (Lipinski definition) is 3. The highest BCUT2D eigenvalue weighted by Gasteiger charge is 2.14. The molecule has 0 radical (unpaired) electrons. The maximum absolute atomic E-state index is 11.9. The Morgan fingerprint density at radius 3 is 2.11 bits per heavy atom. The SMILES string of the molecule is CC(C)COc1ccc(S(=O)(=O)NC(C)C)cc1. The minimum atomic E-state index is -3.41. The maximum Gasteiger partial charge on any atom is 0.240 e. The normalized spacial score (nSPS) is 12.1. The molecule has 102 valence electrons. The van der Waals surface area contributed by atoms with Crippen molar-refractivity contribution in [2.24, 2.45) is 5.92 Å². The molecule has 1 rings (SSSR count). The molecular formula is C13H21NO3S. The Balaban J connectivity index is 2.76. The molecule has 0 saturated carbocycles. The van der Waals surface area contributed by atoms with E-state index < -0.39 is 10.0 Å². The van der Waals surface area contributed by atoms with Crippen LogP contribution in [0.1, 0.15) is 27.7 Å². The molecule has 0 amide bonds. The first-order valence-electron chi connectivity index (χ1n) is 6.06. The zero-order valence-electron chi connectivity index (χ0n) is 11.3. The summed E-state index contributed by atoms with van der Waals surface area (Å²) >= 11 is 0. The molecule has 0 bridgehead atoms. The van der Waals surface area contributed by atoms with Gasteiger partial charge in [0.25, 0.3) is 0 Å². The molecule has 0 spiro atoms. The highest BCUT2D eigenvalue weighted by Crippen LogP contribution is 2.16. The third-order valence-corrected chi connectivity index (χ3v) is 3.78. The number of rotatable bonds is 6. The monoisotopic (exact) mass is 271 g/mol. The number of hydrogen-bond donors (Lipinski definition) is 1. The van der Waals surface area contributed by atoms with Crippen LogP contribution in [0, 0.1) is 5.92 Å². The quantitative estimate of drug-likeness (QED) is 0.864. The lowest BCUT2D eigenvalue weighted by atomic mass is 10.2. The van der Waals surface area contributed by atoms with Gasteiger partial charge in [0.15, 0.2) is 0 Å². The van der Waals surface area contributed by atoms with Crippen molar-refractivity contribution in [1.82, 2.24) is 4.72 Å². The van der Waals surface area contributed by atoms with Crippen molar-refractivity contribution in [3.05, 3.63) is 24.3 Å². The van der Waals surface area contributed by atoms with Crippen LogP contribution in [0.2, 0.25) is 0 Å². The predicted molar refractivity (Wildman–Crippen MR) is 72.2 cm³/mol. The Labute approximate surface area is 109 Å². The summed E-state index contributed by atoms with van der Waals surface area (Å²) in [5.74, 6) is 1.13. The van der Waals surface area contributed by atoms with Crippen LogP contribution >= 0.6 is 0 Å². The van der Waals surface area contributed by atoms with E-state index in [1.807, 2.05) is 0 Å². The number of ether oxygens (including phenoxy) is 1. The molecule has 0 unspecified atom stereocenters. The van der Waals surface area contributed by atoms with E-state index in [4.69, 9.17) is 4.74 Å². The van der Waals surface area contributed by atoms with Crippen LogP contribution in [0.15, 0.2) is 29.2 Å². The first kappa shape index (κ1) is 15.0. The van der Waals surface area contributed by atoms with E-state index in [9.17, 15) is 8.42 Å². The molecule has 0 heterocycles. The summed E-state index contributed by atoms with van der Waals surface area (Å²) in [6, 6.07) is 6.35. The Hall–Kier alpha value is -1.07. The van der Waals surface area contributed by atoms with Gasteiger partial charge in [-0.1, -0.05) is 13.8 Å². The van der Waals surface area contributed by atoms with E-state index >= 15 is 0 Å². The van der Waals surface area contributed by atoms with Crippen molar-refractivity contribution >= 4 is 10.0 Å². The summed E-state index contributed by atoms with van der Waals surface area (Å²) in [6.45, 7) is 8.32. The predicted octanol–water partition coefficient (Wildman–Crippen LogP) is 2.41. The van der Waals surface area contributed by atoms with Crippen molar-refractivity contribution < 1.29 is 13.2 Å². The standard InChI is InChI=1S/C13H21NO3S/c1-10(2)9-17-12-5-7-13(8-6-12)18(15,16)14-11(3)4/h5-8,10-11,14H,9H2,1-4H3. The van der Waals surface area contributed by atoms with Crippen molar-refractivity contribution in [3.63, 3.8) is 0 Å². The Morgan fingerprint density at radius 2 is 1.67 bits per heavy atom. The van der Waals surface area contributed by atoms with Crippen LogP contribution in [0.3, 0.4) is 0 Å². The molecule has 0 saturated heterocycles. The van der Waals surface area contributed by atoms with E-state index in [0.29, 0.717) is 18.3 Å². The van der Waals surface area contributed by atoms with Crippen molar-refractivity contribution in [2.75, 3.05) is 6.61 Å². The third kappa shape index (κ3) is 4.66. The van der Waals surface area contributed by atoms with Crippen molar-refractivity contribution in [2.45, 2.75) is 38.6 Å². The van der Waals surface area contributed by atoms with Gasteiger partial charge < -0.3 is 4.74 Å². The summed E-state index contributed by atoms with van der Waals surface area (Å²) < 4.78 is 31.8. The molecular weight excluding hydrogens is 250 g/mol. The van der Waals surface area contributed by atoms with Gasteiger partial charge in [-0.05, 0) is 44.0 Å². The molecule has 1 aromatic rings. The van der Waals surface area contributed by atoms with E-state index in [2.05, 4.69) is 18.6 Å². The number of nitrogens with one attached hydrogen (secondary N) is 1. The molecule has 0 fully saturated rings. The van der Waals surface area contributed by atoms with Crippen LogP contribution in [0.25, 0.3) is 0 Å². The lowest BCUT2D eigenvalue weighted by molar-refractivity contribution is 0.271. The summed E-state index contributed by atoms with van der Waals surface area (Å²) in [6.07, 6.45) is 0. The second-order valence-corrected chi connectivity index (χ2v) is 6.67. The van der Waals surface area contributed by atoms with Gasteiger partial charge in [0, 0.05) is 6.04 Å². The van der Waals surface area contributed by atoms with Gasteiger partial charge in [-0.2, -0.15) is 0 Å². The zero-order valence-corrected chi connectivity index (χ0v) is 12.1.